The van der Waals surface area contributed by atoms with Crippen molar-refractivity contribution in [2.45, 2.75) is 32.6 Å². The van der Waals surface area contributed by atoms with Crippen LogP contribution in [0.25, 0.3) is 0 Å². The third kappa shape index (κ3) is 5.71. The third-order valence-electron chi connectivity index (χ3n) is 5.36. The molecule has 0 spiro atoms. The predicted octanol–water partition coefficient (Wildman–Crippen LogP) is 6.00. The Kier molecular flexibility index (Phi) is 6.51. The molecule has 0 aliphatic rings. The van der Waals surface area contributed by atoms with Gasteiger partial charge in [-0.3, -0.25) is 4.72 Å². The molecule has 4 rings (SSSR count). The van der Waals surface area contributed by atoms with E-state index < -0.39 is 10.0 Å². The molecule has 4 aromatic rings. The fourth-order valence-corrected chi connectivity index (χ4v) is 4.46. The van der Waals surface area contributed by atoms with E-state index in [1.807, 2.05) is 58.0 Å². The molecule has 0 unspecified atom stereocenters. The maximum absolute atomic E-state index is 12.7. The minimum Gasteiger partial charge on any atom is -0.340 e. The number of anilines is 5. The van der Waals surface area contributed by atoms with Crippen molar-refractivity contribution < 1.29 is 8.42 Å². The monoisotopic (exact) mass is 473 g/mol. The average Bonchev–Trinajstić information content (AvgIpc) is 2.78. The van der Waals surface area contributed by atoms with Gasteiger partial charge in [-0.25, -0.2) is 13.4 Å². The third-order valence-corrected chi connectivity index (χ3v) is 6.74. The summed E-state index contributed by atoms with van der Waals surface area (Å²) in [6.07, 6.45) is 0. The average molecular weight is 474 g/mol. The number of benzene rings is 3. The van der Waals surface area contributed by atoms with Gasteiger partial charge < -0.3 is 10.6 Å². The van der Waals surface area contributed by atoms with Crippen LogP contribution < -0.4 is 15.4 Å². The zero-order chi connectivity index (χ0) is 24.3. The molecule has 34 heavy (non-hydrogen) atoms. The molecule has 0 amide bonds. The molecule has 174 valence electrons. The Morgan fingerprint density at radius 3 is 1.94 bits per heavy atom. The molecule has 7 nitrogen and oxygen atoms in total. The van der Waals surface area contributed by atoms with Crippen LogP contribution in [-0.4, -0.2) is 18.4 Å². The Labute approximate surface area is 200 Å². The van der Waals surface area contributed by atoms with Gasteiger partial charge in [0.1, 0.15) is 5.82 Å². The van der Waals surface area contributed by atoms with Gasteiger partial charge in [-0.15, -0.1) is 0 Å². The highest BCUT2D eigenvalue weighted by molar-refractivity contribution is 7.92. The minimum absolute atomic E-state index is 0.236. The van der Waals surface area contributed by atoms with Gasteiger partial charge in [-0.2, -0.15) is 4.98 Å². The predicted molar refractivity (Wildman–Crippen MR) is 138 cm³/mol. The van der Waals surface area contributed by atoms with E-state index >= 15 is 0 Å². The Morgan fingerprint density at radius 1 is 0.647 bits per heavy atom. The van der Waals surface area contributed by atoms with E-state index in [9.17, 15) is 8.42 Å². The van der Waals surface area contributed by atoms with Gasteiger partial charge >= 0.3 is 0 Å². The second-order valence-corrected chi connectivity index (χ2v) is 9.95. The van der Waals surface area contributed by atoms with Crippen LogP contribution in [0.4, 0.5) is 28.8 Å². The SMILES string of the molecule is Cc1ccc(Nc2cc(C)nc(Nc3ccc(NS(=O)(=O)c4ccc(C)c(C)c4)cc3)n2)cc1. The van der Waals surface area contributed by atoms with Crippen LogP contribution in [0, 0.1) is 27.7 Å². The van der Waals surface area contributed by atoms with Gasteiger partial charge in [0.2, 0.25) is 5.95 Å². The maximum Gasteiger partial charge on any atom is 0.261 e. The summed E-state index contributed by atoms with van der Waals surface area (Å²) >= 11 is 0. The van der Waals surface area contributed by atoms with Crippen molar-refractivity contribution >= 4 is 38.9 Å². The first-order valence-electron chi connectivity index (χ1n) is 10.8. The lowest BCUT2D eigenvalue weighted by Crippen LogP contribution is -2.13. The molecule has 1 heterocycles. The number of hydrogen-bond acceptors (Lipinski definition) is 6. The van der Waals surface area contributed by atoms with Gasteiger partial charge in [0.25, 0.3) is 10.0 Å². The van der Waals surface area contributed by atoms with Crippen molar-refractivity contribution in [1.82, 2.24) is 9.97 Å². The smallest absolute Gasteiger partial charge is 0.261 e. The maximum atomic E-state index is 12.7. The molecule has 1 aromatic heterocycles. The summed E-state index contributed by atoms with van der Waals surface area (Å²) in [5.41, 5.74) is 6.12. The minimum atomic E-state index is -3.67. The molecule has 0 bridgehead atoms. The summed E-state index contributed by atoms with van der Waals surface area (Å²) in [6, 6.07) is 22.0. The molecule has 3 aromatic carbocycles. The molecule has 0 aliphatic heterocycles. The van der Waals surface area contributed by atoms with Crippen molar-refractivity contribution in [1.29, 1.82) is 0 Å². The van der Waals surface area contributed by atoms with E-state index in [4.69, 9.17) is 0 Å². The van der Waals surface area contributed by atoms with Gasteiger partial charge in [0.05, 0.1) is 4.90 Å². The summed E-state index contributed by atoms with van der Waals surface area (Å²) in [4.78, 5) is 9.22. The fraction of sp³-hybridized carbons (Fsp3) is 0.154. The van der Waals surface area contributed by atoms with E-state index in [0.29, 0.717) is 17.5 Å². The van der Waals surface area contributed by atoms with Crippen molar-refractivity contribution in [2.75, 3.05) is 15.4 Å². The molecule has 0 aliphatic carbocycles. The van der Waals surface area contributed by atoms with Crippen LogP contribution in [0.15, 0.2) is 77.7 Å². The number of aryl methyl sites for hydroxylation is 4. The molecule has 8 heteroatoms. The van der Waals surface area contributed by atoms with Gasteiger partial charge in [0.15, 0.2) is 0 Å². The van der Waals surface area contributed by atoms with Crippen LogP contribution in [-0.2, 0) is 10.0 Å². The lowest BCUT2D eigenvalue weighted by molar-refractivity contribution is 0.601. The van der Waals surface area contributed by atoms with Crippen LogP contribution in [0.3, 0.4) is 0 Å². The Balaban J connectivity index is 1.46. The Morgan fingerprint density at radius 2 is 1.26 bits per heavy atom. The first-order chi connectivity index (χ1) is 16.2. The second-order valence-electron chi connectivity index (χ2n) is 8.26. The van der Waals surface area contributed by atoms with Gasteiger partial charge in [0, 0.05) is 28.8 Å². The molecule has 0 atom stereocenters. The van der Waals surface area contributed by atoms with Gasteiger partial charge in [-0.1, -0.05) is 23.8 Å². The topological polar surface area (TPSA) is 96.0 Å². The van der Waals surface area contributed by atoms with Crippen LogP contribution in [0.2, 0.25) is 0 Å². The van der Waals surface area contributed by atoms with E-state index in [1.54, 1.807) is 42.5 Å². The van der Waals surface area contributed by atoms with E-state index in [0.717, 1.165) is 28.2 Å². The summed E-state index contributed by atoms with van der Waals surface area (Å²) in [6.45, 7) is 7.78. The molecule has 0 saturated carbocycles. The number of rotatable bonds is 7. The standard InChI is InChI=1S/C26H27N5O2S/c1-17-5-8-21(9-6-17)28-25-16-20(4)27-26(30-25)29-22-10-12-23(13-11-22)31-34(32,33)24-14-7-18(2)19(3)15-24/h5-16,31H,1-4H3,(H2,27,28,29,30). The second kappa shape index (κ2) is 9.52. The summed E-state index contributed by atoms with van der Waals surface area (Å²) in [5.74, 6) is 1.12. The zero-order valence-electron chi connectivity index (χ0n) is 19.5. The normalized spacial score (nSPS) is 11.2. The lowest BCUT2D eigenvalue weighted by Gasteiger charge is -2.12. The summed E-state index contributed by atoms with van der Waals surface area (Å²) in [7, 11) is -3.67. The number of hydrogen-bond donors (Lipinski definition) is 3. The highest BCUT2D eigenvalue weighted by Gasteiger charge is 2.15. The Hall–Kier alpha value is -3.91. The fourth-order valence-electron chi connectivity index (χ4n) is 3.32. The van der Waals surface area contributed by atoms with Crippen LogP contribution in [0.5, 0.6) is 0 Å². The highest BCUT2D eigenvalue weighted by atomic mass is 32.2. The summed E-state index contributed by atoms with van der Waals surface area (Å²) < 4.78 is 28.1. The van der Waals surface area contributed by atoms with Crippen molar-refractivity contribution in [3.8, 4) is 0 Å². The zero-order valence-corrected chi connectivity index (χ0v) is 20.4. The van der Waals surface area contributed by atoms with Crippen LogP contribution >= 0.6 is 0 Å². The molecule has 3 N–H and O–H groups in total. The number of aromatic nitrogens is 2. The summed E-state index contributed by atoms with van der Waals surface area (Å²) in [5, 5.41) is 6.46. The van der Waals surface area contributed by atoms with Crippen molar-refractivity contribution in [2.24, 2.45) is 0 Å². The Bertz CT molecular complexity index is 1420. The molecule has 0 saturated heterocycles. The number of sulfonamides is 1. The molecule has 0 fully saturated rings. The molecular weight excluding hydrogens is 446 g/mol. The molecular formula is C26H27N5O2S. The number of nitrogens with one attached hydrogen (secondary N) is 3. The van der Waals surface area contributed by atoms with E-state index in [-0.39, 0.29) is 4.90 Å². The van der Waals surface area contributed by atoms with Crippen molar-refractivity contribution in [3.05, 3.63) is 95.2 Å². The largest absolute Gasteiger partial charge is 0.340 e. The first-order valence-corrected chi connectivity index (χ1v) is 12.3. The number of nitrogens with zero attached hydrogens (tertiary/aromatic N) is 2. The molecule has 0 radical (unpaired) electrons. The van der Waals surface area contributed by atoms with Crippen LogP contribution in [0.1, 0.15) is 22.4 Å². The van der Waals surface area contributed by atoms with E-state index in [2.05, 4.69) is 25.3 Å². The lowest BCUT2D eigenvalue weighted by atomic mass is 10.1. The first kappa shape index (κ1) is 23.3. The van der Waals surface area contributed by atoms with E-state index in [1.165, 1.54) is 5.56 Å². The highest BCUT2D eigenvalue weighted by Crippen LogP contribution is 2.23. The quantitative estimate of drug-likeness (QED) is 0.305. The van der Waals surface area contributed by atoms with Crippen molar-refractivity contribution in [3.63, 3.8) is 0 Å². The van der Waals surface area contributed by atoms with Gasteiger partial charge in [-0.05, 0) is 87.4 Å².